The van der Waals surface area contributed by atoms with Crippen LogP contribution in [0.25, 0.3) is 0 Å². The highest BCUT2D eigenvalue weighted by Crippen LogP contribution is 2.24. The van der Waals surface area contributed by atoms with Crippen LogP contribution in [0.5, 0.6) is 0 Å². The van der Waals surface area contributed by atoms with Crippen LogP contribution in [-0.2, 0) is 0 Å². The zero-order valence-corrected chi connectivity index (χ0v) is 12.7. The summed E-state index contributed by atoms with van der Waals surface area (Å²) in [6, 6.07) is 9.48. The molecule has 1 fully saturated rings. The Balaban J connectivity index is 1.99. The molecule has 0 bridgehead atoms. The Morgan fingerprint density at radius 1 is 1.32 bits per heavy atom. The average molecular weight is 260 g/mol. The van der Waals surface area contributed by atoms with Crippen LogP contribution in [0.3, 0.4) is 0 Å². The van der Waals surface area contributed by atoms with Gasteiger partial charge in [0.2, 0.25) is 0 Å². The fraction of sp³-hybridized carbons (Fsp3) is 0.647. The van der Waals surface area contributed by atoms with Crippen molar-refractivity contribution in [1.82, 2.24) is 10.2 Å². The number of nitrogens with one attached hydrogen (secondary N) is 1. The van der Waals surface area contributed by atoms with Crippen LogP contribution in [0.4, 0.5) is 0 Å². The van der Waals surface area contributed by atoms with Gasteiger partial charge in [0.05, 0.1) is 0 Å². The van der Waals surface area contributed by atoms with Gasteiger partial charge < -0.3 is 5.32 Å². The lowest BCUT2D eigenvalue weighted by atomic mass is 9.96. The second-order valence-electron chi connectivity index (χ2n) is 5.87. The highest BCUT2D eigenvalue weighted by atomic mass is 15.1. The van der Waals surface area contributed by atoms with Gasteiger partial charge >= 0.3 is 0 Å². The zero-order valence-electron chi connectivity index (χ0n) is 12.7. The van der Waals surface area contributed by atoms with E-state index in [0.29, 0.717) is 6.04 Å². The molecule has 1 atom stereocenters. The van der Waals surface area contributed by atoms with E-state index >= 15 is 0 Å². The lowest BCUT2D eigenvalue weighted by Crippen LogP contribution is -2.37. The summed E-state index contributed by atoms with van der Waals surface area (Å²) in [6.45, 7) is 11.6. The van der Waals surface area contributed by atoms with Crippen molar-refractivity contribution in [2.24, 2.45) is 5.92 Å². The highest BCUT2D eigenvalue weighted by molar-refractivity contribution is 5.24. The number of rotatable bonds is 5. The first-order chi connectivity index (χ1) is 9.20. The molecule has 2 nitrogen and oxygen atoms in total. The van der Waals surface area contributed by atoms with E-state index in [1.54, 1.807) is 0 Å². The molecule has 0 aromatic heterocycles. The van der Waals surface area contributed by atoms with Gasteiger partial charge in [-0.1, -0.05) is 36.8 Å². The van der Waals surface area contributed by atoms with E-state index in [9.17, 15) is 0 Å². The molecule has 19 heavy (non-hydrogen) atoms. The van der Waals surface area contributed by atoms with E-state index in [4.69, 9.17) is 0 Å². The molecule has 1 N–H and O–H groups in total. The number of piperidine rings is 1. The van der Waals surface area contributed by atoms with E-state index in [-0.39, 0.29) is 0 Å². The van der Waals surface area contributed by atoms with Crippen LogP contribution in [-0.4, -0.2) is 31.1 Å². The molecule has 0 spiro atoms. The van der Waals surface area contributed by atoms with E-state index in [0.717, 1.165) is 12.5 Å². The molecular formula is C17H28N2. The summed E-state index contributed by atoms with van der Waals surface area (Å²) < 4.78 is 0. The van der Waals surface area contributed by atoms with Gasteiger partial charge in [0.25, 0.3) is 0 Å². The number of hydrogen-bond acceptors (Lipinski definition) is 2. The van der Waals surface area contributed by atoms with Crippen LogP contribution >= 0.6 is 0 Å². The topological polar surface area (TPSA) is 15.3 Å². The van der Waals surface area contributed by atoms with Crippen molar-refractivity contribution >= 4 is 0 Å². The fourth-order valence-electron chi connectivity index (χ4n) is 3.10. The molecule has 0 amide bonds. The molecule has 2 heteroatoms. The van der Waals surface area contributed by atoms with Gasteiger partial charge in [-0.15, -0.1) is 0 Å². The first kappa shape index (κ1) is 14.5. The number of hydrogen-bond donors (Lipinski definition) is 1. The van der Waals surface area contributed by atoms with Crippen molar-refractivity contribution in [3.63, 3.8) is 0 Å². The van der Waals surface area contributed by atoms with Gasteiger partial charge in [0.15, 0.2) is 0 Å². The Kier molecular flexibility index (Phi) is 5.41. The number of benzene rings is 1. The normalized spacial score (nSPS) is 18.7. The predicted octanol–water partition coefficient (Wildman–Crippen LogP) is 3.38. The molecular weight excluding hydrogens is 232 g/mol. The molecule has 0 aliphatic carbocycles. The first-order valence-corrected chi connectivity index (χ1v) is 7.72. The molecule has 106 valence electrons. The maximum absolute atomic E-state index is 3.46. The summed E-state index contributed by atoms with van der Waals surface area (Å²) in [7, 11) is 0. The fourth-order valence-corrected chi connectivity index (χ4v) is 3.10. The molecule has 2 rings (SSSR count). The molecule has 1 unspecified atom stereocenters. The molecule has 0 saturated carbocycles. The van der Waals surface area contributed by atoms with Crippen molar-refractivity contribution in [2.75, 3.05) is 26.2 Å². The summed E-state index contributed by atoms with van der Waals surface area (Å²) >= 11 is 0. The summed E-state index contributed by atoms with van der Waals surface area (Å²) in [4.78, 5) is 2.63. The number of aryl methyl sites for hydroxylation is 1. The van der Waals surface area contributed by atoms with Gasteiger partial charge in [-0.05, 0) is 57.8 Å². The lowest BCUT2D eigenvalue weighted by molar-refractivity contribution is 0.169. The van der Waals surface area contributed by atoms with Gasteiger partial charge in [0, 0.05) is 12.6 Å². The van der Waals surface area contributed by atoms with Gasteiger partial charge in [-0.3, -0.25) is 4.90 Å². The van der Waals surface area contributed by atoms with Crippen molar-refractivity contribution < 1.29 is 0 Å². The van der Waals surface area contributed by atoms with Crippen molar-refractivity contribution in [3.05, 3.63) is 35.4 Å². The van der Waals surface area contributed by atoms with Gasteiger partial charge in [-0.25, -0.2) is 0 Å². The molecule has 0 radical (unpaired) electrons. The summed E-state index contributed by atoms with van der Waals surface area (Å²) in [5.41, 5.74) is 2.82. The minimum absolute atomic E-state index is 0.528. The quantitative estimate of drug-likeness (QED) is 0.873. The van der Waals surface area contributed by atoms with Crippen LogP contribution in [0, 0.1) is 12.8 Å². The van der Waals surface area contributed by atoms with E-state index < -0.39 is 0 Å². The minimum Gasteiger partial charge on any atom is -0.317 e. The SMILES string of the molecule is CCN(CC1CCNCC1)C(C)c1cccc(C)c1. The summed E-state index contributed by atoms with van der Waals surface area (Å²) in [6.07, 6.45) is 2.66. The van der Waals surface area contributed by atoms with Crippen LogP contribution in [0.2, 0.25) is 0 Å². The van der Waals surface area contributed by atoms with Gasteiger partial charge in [0.1, 0.15) is 0 Å². The largest absolute Gasteiger partial charge is 0.317 e. The summed E-state index contributed by atoms with van der Waals surface area (Å²) in [5.74, 6) is 0.869. The Hall–Kier alpha value is -0.860. The Morgan fingerprint density at radius 3 is 2.68 bits per heavy atom. The smallest absolute Gasteiger partial charge is 0.0319 e. The maximum Gasteiger partial charge on any atom is 0.0319 e. The molecule has 1 aromatic carbocycles. The predicted molar refractivity (Wildman–Crippen MR) is 82.4 cm³/mol. The number of nitrogens with zero attached hydrogens (tertiary/aromatic N) is 1. The molecule has 1 aliphatic heterocycles. The molecule has 1 aromatic rings. The van der Waals surface area contributed by atoms with Crippen LogP contribution in [0.1, 0.15) is 43.9 Å². The molecule has 1 heterocycles. The monoisotopic (exact) mass is 260 g/mol. The third-order valence-electron chi connectivity index (χ3n) is 4.43. The van der Waals surface area contributed by atoms with Gasteiger partial charge in [-0.2, -0.15) is 0 Å². The second kappa shape index (κ2) is 7.06. The zero-order chi connectivity index (χ0) is 13.7. The minimum atomic E-state index is 0.528. The van der Waals surface area contributed by atoms with Crippen LogP contribution in [0.15, 0.2) is 24.3 Å². The first-order valence-electron chi connectivity index (χ1n) is 7.72. The Bertz CT molecular complexity index is 383. The highest BCUT2D eigenvalue weighted by Gasteiger charge is 2.20. The molecule has 1 saturated heterocycles. The second-order valence-corrected chi connectivity index (χ2v) is 5.87. The van der Waals surface area contributed by atoms with Crippen LogP contribution < -0.4 is 5.32 Å². The maximum atomic E-state index is 3.46. The van der Waals surface area contributed by atoms with E-state index in [1.165, 1.54) is 43.6 Å². The standard InChI is InChI=1S/C17H28N2/c1-4-19(13-16-8-10-18-11-9-16)15(3)17-7-5-6-14(2)12-17/h5-7,12,15-16,18H,4,8-11,13H2,1-3H3. The van der Waals surface area contributed by atoms with Crippen molar-refractivity contribution in [2.45, 2.75) is 39.7 Å². The third kappa shape index (κ3) is 4.05. The Labute approximate surface area is 118 Å². The lowest BCUT2D eigenvalue weighted by Gasteiger charge is -2.33. The van der Waals surface area contributed by atoms with E-state index in [1.807, 2.05) is 0 Å². The van der Waals surface area contributed by atoms with Crippen molar-refractivity contribution in [1.29, 1.82) is 0 Å². The third-order valence-corrected chi connectivity index (χ3v) is 4.43. The average Bonchev–Trinajstić information content (AvgIpc) is 2.45. The van der Waals surface area contributed by atoms with Crippen molar-refractivity contribution in [3.8, 4) is 0 Å². The Morgan fingerprint density at radius 2 is 2.05 bits per heavy atom. The van der Waals surface area contributed by atoms with E-state index in [2.05, 4.69) is 55.3 Å². The summed E-state index contributed by atoms with van der Waals surface area (Å²) in [5, 5.41) is 3.46. The molecule has 1 aliphatic rings.